The Morgan fingerprint density at radius 1 is 1.75 bits per heavy atom. The largest absolute Gasteiger partial charge is 0.207 e. The summed E-state index contributed by atoms with van der Waals surface area (Å²) in [5, 5.41) is 0. The van der Waals surface area contributed by atoms with E-state index in [0.717, 1.165) is 12.8 Å². The molecule has 0 spiro atoms. The Balaban J connectivity index is 3.40. The molecular formula is C7H11F. The minimum Gasteiger partial charge on any atom is -0.207 e. The zero-order valence-electron chi connectivity index (χ0n) is 5.15. The number of allylic oxidation sites excluding steroid dienone is 3. The lowest BCUT2D eigenvalue weighted by Crippen LogP contribution is -1.64. The Hall–Kier alpha value is -0.590. The lowest BCUT2D eigenvalue weighted by atomic mass is 10.3. The summed E-state index contributed by atoms with van der Waals surface area (Å²) in [4.78, 5) is 0. The predicted octanol–water partition coefficient (Wildman–Crippen LogP) is 2.83. The first-order chi connectivity index (χ1) is 3.81. The Morgan fingerprint density at radius 3 is 2.75 bits per heavy atom. The smallest absolute Gasteiger partial charge is 0.118 e. The maximum atomic E-state index is 12.1. The number of hydrogen-bond donors (Lipinski definition) is 0. The second-order valence-corrected chi connectivity index (χ2v) is 1.58. The molecule has 1 heteroatoms. The molecule has 0 aliphatic heterocycles. The van der Waals surface area contributed by atoms with E-state index in [1.54, 1.807) is 0 Å². The van der Waals surface area contributed by atoms with Crippen molar-refractivity contribution in [3.63, 3.8) is 0 Å². The molecule has 0 fully saturated rings. The van der Waals surface area contributed by atoms with E-state index in [-0.39, 0.29) is 5.83 Å². The maximum Gasteiger partial charge on any atom is 0.118 e. The van der Waals surface area contributed by atoms with Crippen molar-refractivity contribution in [3.8, 4) is 0 Å². The molecule has 0 heterocycles. The van der Waals surface area contributed by atoms with E-state index in [1.165, 1.54) is 12.2 Å². The van der Waals surface area contributed by atoms with Crippen LogP contribution in [0.5, 0.6) is 0 Å². The fourth-order valence-electron chi connectivity index (χ4n) is 0.366. The number of halogens is 1. The summed E-state index contributed by atoms with van der Waals surface area (Å²) in [7, 11) is 0. The summed E-state index contributed by atoms with van der Waals surface area (Å²) >= 11 is 0. The maximum absolute atomic E-state index is 12.1. The second-order valence-electron chi connectivity index (χ2n) is 1.58. The molecule has 0 aromatic heterocycles. The SMILES string of the molecule is C=C/C(F)=C\CCC. The van der Waals surface area contributed by atoms with Gasteiger partial charge < -0.3 is 0 Å². The molecule has 0 bridgehead atoms. The van der Waals surface area contributed by atoms with Crippen molar-refractivity contribution in [1.29, 1.82) is 0 Å². The zero-order valence-corrected chi connectivity index (χ0v) is 5.15. The highest BCUT2D eigenvalue weighted by molar-refractivity contribution is 5.06. The van der Waals surface area contributed by atoms with Crippen molar-refractivity contribution in [1.82, 2.24) is 0 Å². The third-order valence-electron chi connectivity index (χ3n) is 0.823. The van der Waals surface area contributed by atoms with Gasteiger partial charge in [0, 0.05) is 0 Å². The molecule has 0 unspecified atom stereocenters. The van der Waals surface area contributed by atoms with Crippen LogP contribution in [0.15, 0.2) is 24.6 Å². The molecule has 0 rings (SSSR count). The number of unbranched alkanes of at least 4 members (excludes halogenated alkanes) is 1. The van der Waals surface area contributed by atoms with Gasteiger partial charge in [-0.25, -0.2) is 4.39 Å². The van der Waals surface area contributed by atoms with Gasteiger partial charge in [0.05, 0.1) is 0 Å². The second kappa shape index (κ2) is 4.57. The third-order valence-corrected chi connectivity index (χ3v) is 0.823. The topological polar surface area (TPSA) is 0 Å². The normalized spacial score (nSPS) is 11.5. The van der Waals surface area contributed by atoms with E-state index in [0.29, 0.717) is 0 Å². The van der Waals surface area contributed by atoms with Gasteiger partial charge in [-0.2, -0.15) is 0 Å². The van der Waals surface area contributed by atoms with Crippen LogP contribution in [-0.2, 0) is 0 Å². The highest BCUT2D eigenvalue weighted by Crippen LogP contribution is 1.99. The van der Waals surface area contributed by atoms with Gasteiger partial charge in [0.2, 0.25) is 0 Å². The van der Waals surface area contributed by atoms with Gasteiger partial charge in [-0.15, -0.1) is 0 Å². The van der Waals surface area contributed by atoms with E-state index in [4.69, 9.17) is 0 Å². The fourth-order valence-corrected chi connectivity index (χ4v) is 0.366. The summed E-state index contributed by atoms with van der Waals surface area (Å²) in [6.45, 7) is 5.28. The van der Waals surface area contributed by atoms with E-state index in [2.05, 4.69) is 6.58 Å². The molecule has 46 valence electrons. The van der Waals surface area contributed by atoms with Crippen LogP contribution in [0, 0.1) is 0 Å². The van der Waals surface area contributed by atoms with E-state index in [1.807, 2.05) is 6.92 Å². The van der Waals surface area contributed by atoms with Crippen LogP contribution in [0.3, 0.4) is 0 Å². The fraction of sp³-hybridized carbons (Fsp3) is 0.429. The van der Waals surface area contributed by atoms with E-state index < -0.39 is 0 Å². The highest BCUT2D eigenvalue weighted by atomic mass is 19.1. The first-order valence-corrected chi connectivity index (χ1v) is 2.79. The standard InChI is InChI=1S/C7H11F/c1-3-5-6-7(8)4-2/h4,6H,2-3,5H2,1H3/b7-6+. The third kappa shape index (κ3) is 3.59. The number of hydrogen-bond acceptors (Lipinski definition) is 0. The lowest BCUT2D eigenvalue weighted by molar-refractivity contribution is 0.658. The van der Waals surface area contributed by atoms with Gasteiger partial charge in [-0.05, 0) is 18.6 Å². The van der Waals surface area contributed by atoms with Crippen molar-refractivity contribution < 1.29 is 4.39 Å². The van der Waals surface area contributed by atoms with Gasteiger partial charge in [0.15, 0.2) is 0 Å². The molecule has 0 aromatic carbocycles. The Morgan fingerprint density at radius 2 is 2.38 bits per heavy atom. The average molecular weight is 114 g/mol. The Bertz CT molecular complexity index is 92.6. The van der Waals surface area contributed by atoms with Crippen LogP contribution < -0.4 is 0 Å². The quantitative estimate of drug-likeness (QED) is 0.495. The van der Waals surface area contributed by atoms with Gasteiger partial charge >= 0.3 is 0 Å². The van der Waals surface area contributed by atoms with Gasteiger partial charge in [0.25, 0.3) is 0 Å². The molecule has 0 amide bonds. The minimum atomic E-state index is -0.216. The molecule has 0 saturated heterocycles. The minimum absolute atomic E-state index is 0.216. The van der Waals surface area contributed by atoms with E-state index in [9.17, 15) is 4.39 Å². The van der Waals surface area contributed by atoms with Gasteiger partial charge in [-0.1, -0.05) is 19.9 Å². The highest BCUT2D eigenvalue weighted by Gasteiger charge is 1.80. The van der Waals surface area contributed by atoms with Gasteiger partial charge in [0.1, 0.15) is 5.83 Å². The molecule has 0 aromatic rings. The first kappa shape index (κ1) is 7.41. The summed E-state index contributed by atoms with van der Waals surface area (Å²) in [6, 6.07) is 0. The summed E-state index contributed by atoms with van der Waals surface area (Å²) in [6.07, 6.45) is 4.54. The van der Waals surface area contributed by atoms with Crippen LogP contribution in [0.4, 0.5) is 4.39 Å². The monoisotopic (exact) mass is 114 g/mol. The molecular weight excluding hydrogens is 103 g/mol. The molecule has 0 aliphatic rings. The van der Waals surface area contributed by atoms with Gasteiger partial charge in [-0.3, -0.25) is 0 Å². The van der Waals surface area contributed by atoms with E-state index >= 15 is 0 Å². The molecule has 0 atom stereocenters. The van der Waals surface area contributed by atoms with Crippen LogP contribution in [0.1, 0.15) is 19.8 Å². The molecule has 0 nitrogen and oxygen atoms in total. The van der Waals surface area contributed by atoms with Crippen LogP contribution in [0.2, 0.25) is 0 Å². The van der Waals surface area contributed by atoms with Crippen molar-refractivity contribution in [3.05, 3.63) is 24.6 Å². The van der Waals surface area contributed by atoms with Crippen LogP contribution >= 0.6 is 0 Å². The molecule has 8 heavy (non-hydrogen) atoms. The Kier molecular flexibility index (Phi) is 4.23. The van der Waals surface area contributed by atoms with Crippen molar-refractivity contribution >= 4 is 0 Å². The average Bonchev–Trinajstić information content (AvgIpc) is 1.83. The van der Waals surface area contributed by atoms with Crippen molar-refractivity contribution in [2.45, 2.75) is 19.8 Å². The van der Waals surface area contributed by atoms with Crippen LogP contribution in [-0.4, -0.2) is 0 Å². The molecule has 0 N–H and O–H groups in total. The predicted molar refractivity (Wildman–Crippen MR) is 34.3 cm³/mol. The van der Waals surface area contributed by atoms with Crippen molar-refractivity contribution in [2.24, 2.45) is 0 Å². The summed E-state index contributed by atoms with van der Waals surface area (Å²) in [5.74, 6) is -0.216. The number of rotatable bonds is 3. The zero-order chi connectivity index (χ0) is 6.41. The first-order valence-electron chi connectivity index (χ1n) is 2.79. The van der Waals surface area contributed by atoms with Crippen molar-refractivity contribution in [2.75, 3.05) is 0 Å². The molecule has 0 radical (unpaired) electrons. The Labute approximate surface area is 49.7 Å². The van der Waals surface area contributed by atoms with Crippen LogP contribution in [0.25, 0.3) is 0 Å². The lowest BCUT2D eigenvalue weighted by Gasteiger charge is -1.83. The summed E-state index contributed by atoms with van der Waals surface area (Å²) in [5.41, 5.74) is 0. The molecule has 0 aliphatic carbocycles. The summed E-state index contributed by atoms with van der Waals surface area (Å²) < 4.78 is 12.1. The molecule has 0 saturated carbocycles.